The standard InChI is InChI=1S/C14H22N2O3/c1-10(2)6-12(17)8-16-14(18)9-19-13-5-3-4-11(15)7-13/h3-5,7,10,12,17H,6,8-9,15H2,1-2H3,(H,16,18). The van der Waals surface area contributed by atoms with Crippen molar-refractivity contribution in [1.82, 2.24) is 5.32 Å². The van der Waals surface area contributed by atoms with Crippen LogP contribution in [0.15, 0.2) is 24.3 Å². The molecular formula is C14H22N2O3. The summed E-state index contributed by atoms with van der Waals surface area (Å²) in [5, 5.41) is 12.2. The van der Waals surface area contributed by atoms with Crippen LogP contribution in [0.5, 0.6) is 5.75 Å². The summed E-state index contributed by atoms with van der Waals surface area (Å²) in [6.07, 6.45) is 0.146. The first-order chi connectivity index (χ1) is 8.97. The van der Waals surface area contributed by atoms with Crippen LogP contribution in [0.3, 0.4) is 0 Å². The molecular weight excluding hydrogens is 244 g/mol. The van der Waals surface area contributed by atoms with Crippen LogP contribution in [0.4, 0.5) is 5.69 Å². The number of rotatable bonds is 7. The number of carbonyl (C=O) groups is 1. The van der Waals surface area contributed by atoms with Crippen molar-refractivity contribution in [3.8, 4) is 5.75 Å². The highest BCUT2D eigenvalue weighted by Gasteiger charge is 2.09. The second-order valence-corrected chi connectivity index (χ2v) is 4.95. The van der Waals surface area contributed by atoms with Crippen molar-refractivity contribution in [2.75, 3.05) is 18.9 Å². The largest absolute Gasteiger partial charge is 0.484 e. The molecule has 0 fully saturated rings. The van der Waals surface area contributed by atoms with E-state index in [1.165, 1.54) is 0 Å². The molecule has 1 aromatic rings. The van der Waals surface area contributed by atoms with E-state index in [0.717, 1.165) is 0 Å². The highest BCUT2D eigenvalue weighted by atomic mass is 16.5. The first-order valence-electron chi connectivity index (χ1n) is 6.40. The lowest BCUT2D eigenvalue weighted by Crippen LogP contribution is -2.35. The van der Waals surface area contributed by atoms with Gasteiger partial charge in [0.05, 0.1) is 6.10 Å². The summed E-state index contributed by atoms with van der Waals surface area (Å²) < 4.78 is 5.29. The Labute approximate surface area is 113 Å². The molecule has 0 aromatic heterocycles. The average molecular weight is 266 g/mol. The summed E-state index contributed by atoms with van der Waals surface area (Å²) in [5.41, 5.74) is 6.18. The molecule has 4 N–H and O–H groups in total. The lowest BCUT2D eigenvalue weighted by molar-refractivity contribution is -0.123. The van der Waals surface area contributed by atoms with Gasteiger partial charge in [0.15, 0.2) is 6.61 Å². The molecule has 0 saturated heterocycles. The van der Waals surface area contributed by atoms with Gasteiger partial charge in [-0.05, 0) is 24.5 Å². The predicted molar refractivity (Wildman–Crippen MR) is 74.8 cm³/mol. The highest BCUT2D eigenvalue weighted by Crippen LogP contribution is 2.13. The number of anilines is 1. The number of hydrogen-bond acceptors (Lipinski definition) is 4. The van der Waals surface area contributed by atoms with Gasteiger partial charge in [-0.15, -0.1) is 0 Å². The molecule has 5 heteroatoms. The van der Waals surface area contributed by atoms with Crippen LogP contribution in [-0.4, -0.2) is 30.3 Å². The second kappa shape index (κ2) is 7.63. The maximum Gasteiger partial charge on any atom is 0.258 e. The van der Waals surface area contributed by atoms with E-state index in [0.29, 0.717) is 23.8 Å². The van der Waals surface area contributed by atoms with Crippen LogP contribution < -0.4 is 15.8 Å². The lowest BCUT2D eigenvalue weighted by atomic mass is 10.1. The summed E-state index contributed by atoms with van der Waals surface area (Å²) in [6.45, 7) is 4.21. The Morgan fingerprint density at radius 2 is 2.21 bits per heavy atom. The van der Waals surface area contributed by atoms with Crippen molar-refractivity contribution in [1.29, 1.82) is 0 Å². The van der Waals surface area contributed by atoms with Crippen molar-refractivity contribution < 1.29 is 14.6 Å². The molecule has 0 aliphatic heterocycles. The Bertz CT molecular complexity index is 407. The first kappa shape index (κ1) is 15.3. The molecule has 1 amide bonds. The van der Waals surface area contributed by atoms with Crippen LogP contribution in [0.1, 0.15) is 20.3 Å². The number of nitrogens with one attached hydrogen (secondary N) is 1. The fourth-order valence-electron chi connectivity index (χ4n) is 1.66. The predicted octanol–water partition coefficient (Wildman–Crippen LogP) is 1.17. The Kier molecular flexibility index (Phi) is 6.15. The van der Waals surface area contributed by atoms with Crippen molar-refractivity contribution in [2.24, 2.45) is 5.92 Å². The van der Waals surface area contributed by atoms with E-state index in [4.69, 9.17) is 10.5 Å². The number of nitrogen functional groups attached to an aromatic ring is 1. The summed E-state index contributed by atoms with van der Waals surface area (Å²) >= 11 is 0. The number of benzene rings is 1. The van der Waals surface area contributed by atoms with E-state index in [1.54, 1.807) is 24.3 Å². The minimum absolute atomic E-state index is 0.0855. The van der Waals surface area contributed by atoms with Gasteiger partial charge in [0.1, 0.15) is 5.75 Å². The van der Waals surface area contributed by atoms with Crippen LogP contribution in [0.25, 0.3) is 0 Å². The second-order valence-electron chi connectivity index (χ2n) is 4.95. The van der Waals surface area contributed by atoms with E-state index in [2.05, 4.69) is 5.32 Å². The number of aliphatic hydroxyl groups excluding tert-OH is 1. The number of ether oxygens (including phenoxy) is 1. The number of hydrogen-bond donors (Lipinski definition) is 3. The van der Waals surface area contributed by atoms with E-state index in [1.807, 2.05) is 13.8 Å². The molecule has 1 unspecified atom stereocenters. The Morgan fingerprint density at radius 1 is 1.47 bits per heavy atom. The molecule has 19 heavy (non-hydrogen) atoms. The number of carbonyl (C=O) groups excluding carboxylic acids is 1. The van der Waals surface area contributed by atoms with Crippen molar-refractivity contribution in [3.63, 3.8) is 0 Å². The third-order valence-corrected chi connectivity index (χ3v) is 2.51. The average Bonchev–Trinajstić information content (AvgIpc) is 2.33. The van der Waals surface area contributed by atoms with Crippen molar-refractivity contribution >= 4 is 11.6 Å². The molecule has 106 valence electrons. The summed E-state index contributed by atoms with van der Waals surface area (Å²) in [4.78, 5) is 11.5. The van der Waals surface area contributed by atoms with E-state index in [-0.39, 0.29) is 19.1 Å². The number of aliphatic hydroxyl groups is 1. The van der Waals surface area contributed by atoms with Gasteiger partial charge < -0.3 is 20.9 Å². The minimum Gasteiger partial charge on any atom is -0.484 e. The van der Waals surface area contributed by atoms with Gasteiger partial charge in [0.2, 0.25) is 0 Å². The van der Waals surface area contributed by atoms with E-state index < -0.39 is 6.10 Å². The number of amides is 1. The fourth-order valence-corrected chi connectivity index (χ4v) is 1.66. The first-order valence-corrected chi connectivity index (χ1v) is 6.40. The fraction of sp³-hybridized carbons (Fsp3) is 0.500. The van der Waals surface area contributed by atoms with E-state index in [9.17, 15) is 9.90 Å². The van der Waals surface area contributed by atoms with Crippen molar-refractivity contribution in [2.45, 2.75) is 26.4 Å². The molecule has 0 aliphatic rings. The highest BCUT2D eigenvalue weighted by molar-refractivity contribution is 5.77. The van der Waals surface area contributed by atoms with Gasteiger partial charge in [0, 0.05) is 18.3 Å². The van der Waals surface area contributed by atoms with E-state index >= 15 is 0 Å². The molecule has 5 nitrogen and oxygen atoms in total. The normalized spacial score (nSPS) is 12.2. The zero-order valence-electron chi connectivity index (χ0n) is 11.4. The molecule has 1 aromatic carbocycles. The van der Waals surface area contributed by atoms with Crippen molar-refractivity contribution in [3.05, 3.63) is 24.3 Å². The van der Waals surface area contributed by atoms with Gasteiger partial charge in [-0.1, -0.05) is 19.9 Å². The molecule has 0 aliphatic carbocycles. The van der Waals surface area contributed by atoms with Crippen LogP contribution in [0.2, 0.25) is 0 Å². The molecule has 0 radical (unpaired) electrons. The summed E-state index contributed by atoms with van der Waals surface area (Å²) in [6, 6.07) is 6.89. The van der Waals surface area contributed by atoms with Gasteiger partial charge >= 0.3 is 0 Å². The molecule has 0 saturated carbocycles. The third kappa shape index (κ3) is 6.67. The molecule has 1 atom stereocenters. The third-order valence-electron chi connectivity index (χ3n) is 2.51. The van der Waals surface area contributed by atoms with Crippen LogP contribution in [-0.2, 0) is 4.79 Å². The molecule has 0 heterocycles. The van der Waals surface area contributed by atoms with Gasteiger partial charge in [-0.3, -0.25) is 4.79 Å². The topological polar surface area (TPSA) is 84.6 Å². The molecule has 0 spiro atoms. The molecule has 1 rings (SSSR count). The number of nitrogens with two attached hydrogens (primary N) is 1. The monoisotopic (exact) mass is 266 g/mol. The minimum atomic E-state index is -0.517. The van der Waals surface area contributed by atoms with Gasteiger partial charge in [-0.25, -0.2) is 0 Å². The maximum absolute atomic E-state index is 11.5. The summed E-state index contributed by atoms with van der Waals surface area (Å²) in [7, 11) is 0. The summed E-state index contributed by atoms with van der Waals surface area (Å²) in [5.74, 6) is 0.693. The van der Waals surface area contributed by atoms with Crippen LogP contribution in [0, 0.1) is 5.92 Å². The quantitative estimate of drug-likeness (QED) is 0.647. The zero-order valence-corrected chi connectivity index (χ0v) is 11.4. The Morgan fingerprint density at radius 3 is 2.84 bits per heavy atom. The Balaban J connectivity index is 2.25. The van der Waals surface area contributed by atoms with Gasteiger partial charge in [-0.2, -0.15) is 0 Å². The Hall–Kier alpha value is -1.75. The SMILES string of the molecule is CC(C)CC(O)CNC(=O)COc1cccc(N)c1. The van der Waals surface area contributed by atoms with Gasteiger partial charge in [0.25, 0.3) is 5.91 Å². The molecule has 0 bridgehead atoms. The maximum atomic E-state index is 11.5. The van der Waals surface area contributed by atoms with Crippen LogP contribution >= 0.6 is 0 Å². The zero-order chi connectivity index (χ0) is 14.3. The lowest BCUT2D eigenvalue weighted by Gasteiger charge is -2.14. The smallest absolute Gasteiger partial charge is 0.258 e.